The van der Waals surface area contributed by atoms with Crippen LogP contribution in [-0.2, 0) is 10.0 Å². The van der Waals surface area contributed by atoms with E-state index in [0.717, 1.165) is 0 Å². The van der Waals surface area contributed by atoms with Gasteiger partial charge in [0.05, 0.1) is 31.2 Å². The highest BCUT2D eigenvalue weighted by Crippen LogP contribution is 2.31. The fraction of sp³-hybridized carbons (Fsp3) is 0.357. The summed E-state index contributed by atoms with van der Waals surface area (Å²) in [5.74, 6) is -0.673. The number of hydrogen-bond acceptors (Lipinski definition) is 7. The van der Waals surface area contributed by atoms with Gasteiger partial charge in [0.1, 0.15) is 23.2 Å². The van der Waals surface area contributed by atoms with Gasteiger partial charge in [0.15, 0.2) is 0 Å². The number of aliphatic hydroxyl groups is 1. The molecule has 0 fully saturated rings. The van der Waals surface area contributed by atoms with Crippen molar-refractivity contribution in [2.24, 2.45) is 5.92 Å². The summed E-state index contributed by atoms with van der Waals surface area (Å²) in [7, 11) is -0.963. The van der Waals surface area contributed by atoms with Crippen LogP contribution < -0.4 is 9.47 Å². The summed E-state index contributed by atoms with van der Waals surface area (Å²) in [5.41, 5.74) is 1.20. The lowest BCUT2D eigenvalue weighted by Gasteiger charge is -2.37. The van der Waals surface area contributed by atoms with Crippen LogP contribution in [0, 0.1) is 11.7 Å². The lowest BCUT2D eigenvalue weighted by atomic mass is 9.99. The van der Waals surface area contributed by atoms with E-state index in [-0.39, 0.29) is 47.9 Å². The summed E-state index contributed by atoms with van der Waals surface area (Å²) < 4.78 is 53.2. The van der Waals surface area contributed by atoms with Gasteiger partial charge in [-0.05, 0) is 42.8 Å². The highest BCUT2D eigenvalue weighted by Gasteiger charge is 2.36. The number of carbonyl (C=O) groups is 1. The van der Waals surface area contributed by atoms with Crippen LogP contribution in [0.4, 0.5) is 4.39 Å². The number of likely N-dealkylation sites (N-methyl/N-ethyl adjacent to an activating group) is 1. The highest BCUT2D eigenvalue weighted by molar-refractivity contribution is 7.89. The molecule has 0 aliphatic carbocycles. The summed E-state index contributed by atoms with van der Waals surface area (Å²) in [6, 6.07) is 13.2. The topological polar surface area (TPSA) is 109 Å². The first-order valence-corrected chi connectivity index (χ1v) is 13.9. The van der Waals surface area contributed by atoms with Crippen molar-refractivity contribution in [1.82, 2.24) is 14.2 Å². The molecule has 0 radical (unpaired) electrons. The number of aliphatic hydroxyl groups excluding tert-OH is 1. The molecule has 1 aromatic heterocycles. The largest absolute Gasteiger partial charge is 0.497 e. The molecule has 0 bridgehead atoms. The van der Waals surface area contributed by atoms with Crippen LogP contribution in [0.25, 0.3) is 11.1 Å². The monoisotopic (exact) mass is 557 g/mol. The van der Waals surface area contributed by atoms with Crippen molar-refractivity contribution in [3.63, 3.8) is 0 Å². The van der Waals surface area contributed by atoms with Crippen molar-refractivity contribution in [3.8, 4) is 22.8 Å². The maximum absolute atomic E-state index is 13.9. The smallest absolute Gasteiger partial charge is 0.259 e. The van der Waals surface area contributed by atoms with Crippen LogP contribution in [0.2, 0.25) is 0 Å². The molecule has 11 heteroatoms. The molecular formula is C28H32FN3O6S. The first-order chi connectivity index (χ1) is 18.5. The Hall–Kier alpha value is -3.54. The van der Waals surface area contributed by atoms with Crippen molar-refractivity contribution in [3.05, 3.63) is 72.2 Å². The number of methoxy groups -OCH3 is 1. The number of benzene rings is 2. The number of ether oxygens (including phenoxy) is 2. The number of carbonyl (C=O) groups excluding carboxylic acids is 1. The van der Waals surface area contributed by atoms with Crippen molar-refractivity contribution >= 4 is 15.9 Å². The Morgan fingerprint density at radius 2 is 1.95 bits per heavy atom. The van der Waals surface area contributed by atoms with Crippen molar-refractivity contribution in [2.75, 3.05) is 33.9 Å². The number of nitrogens with zero attached hydrogens (tertiary/aromatic N) is 3. The maximum Gasteiger partial charge on any atom is 0.259 e. The molecule has 0 unspecified atom stereocenters. The Morgan fingerprint density at radius 3 is 2.64 bits per heavy atom. The average Bonchev–Trinajstić information content (AvgIpc) is 2.94. The third kappa shape index (κ3) is 6.05. The number of hydrogen-bond donors (Lipinski definition) is 1. The van der Waals surface area contributed by atoms with Crippen LogP contribution in [0.1, 0.15) is 24.2 Å². The minimum Gasteiger partial charge on any atom is -0.497 e. The molecule has 1 aliphatic heterocycles. The van der Waals surface area contributed by atoms with E-state index in [4.69, 9.17) is 9.47 Å². The first-order valence-electron chi connectivity index (χ1n) is 12.5. The molecular weight excluding hydrogens is 525 g/mol. The Labute approximate surface area is 227 Å². The summed E-state index contributed by atoms with van der Waals surface area (Å²) >= 11 is 0. The molecule has 0 saturated carbocycles. The molecule has 9 nitrogen and oxygen atoms in total. The third-order valence-corrected chi connectivity index (χ3v) is 8.68. The molecule has 39 heavy (non-hydrogen) atoms. The minimum absolute atomic E-state index is 0.0248. The number of aromatic nitrogens is 1. The van der Waals surface area contributed by atoms with Crippen LogP contribution in [0.3, 0.4) is 0 Å². The van der Waals surface area contributed by atoms with Gasteiger partial charge >= 0.3 is 0 Å². The van der Waals surface area contributed by atoms with E-state index in [1.165, 1.54) is 53.8 Å². The van der Waals surface area contributed by atoms with Gasteiger partial charge in [-0.1, -0.05) is 25.1 Å². The van der Waals surface area contributed by atoms with Gasteiger partial charge in [0, 0.05) is 37.3 Å². The van der Waals surface area contributed by atoms with Crippen LogP contribution in [0.15, 0.2) is 65.7 Å². The standard InChI is InChI=1S/C28H32FN3O6S/c1-18-15-32(19(2)17-33)28(34)25-12-21(20-7-5-8-22(29)11-20)14-30-27(25)38-26(18)16-31(3)39(35,36)24-10-6-9-23(13-24)37-4/h5-14,18-19,26,33H,15-17H2,1-4H3/t18-,19+,26-/m0/s1. The third-order valence-electron chi connectivity index (χ3n) is 6.87. The van der Waals surface area contributed by atoms with Crippen molar-refractivity contribution in [2.45, 2.75) is 30.9 Å². The van der Waals surface area contributed by atoms with E-state index in [1.54, 1.807) is 37.3 Å². The van der Waals surface area contributed by atoms with Gasteiger partial charge in [0.2, 0.25) is 15.9 Å². The molecule has 4 rings (SSSR count). The molecule has 1 N–H and O–H groups in total. The van der Waals surface area contributed by atoms with E-state index < -0.39 is 28.0 Å². The molecule has 0 saturated heterocycles. The zero-order valence-electron chi connectivity index (χ0n) is 22.2. The molecule has 2 heterocycles. The first kappa shape index (κ1) is 28.5. The van der Waals surface area contributed by atoms with E-state index in [9.17, 15) is 22.7 Å². The molecule has 3 atom stereocenters. The number of rotatable bonds is 8. The number of pyridine rings is 1. The van der Waals surface area contributed by atoms with Crippen LogP contribution in [0.5, 0.6) is 11.6 Å². The van der Waals surface area contributed by atoms with Gasteiger partial charge in [-0.15, -0.1) is 0 Å². The Balaban J connectivity index is 1.71. The van der Waals surface area contributed by atoms with Gasteiger partial charge < -0.3 is 19.5 Å². The molecule has 0 spiro atoms. The van der Waals surface area contributed by atoms with Crippen molar-refractivity contribution < 1.29 is 32.2 Å². The number of halogens is 1. The number of amides is 1. The van der Waals surface area contributed by atoms with E-state index in [1.807, 2.05) is 6.92 Å². The molecule has 1 aliphatic rings. The fourth-order valence-electron chi connectivity index (χ4n) is 4.44. The number of fused-ring (bicyclic) bond motifs is 1. The quantitative estimate of drug-likeness (QED) is 0.452. The van der Waals surface area contributed by atoms with Gasteiger partial charge in [-0.25, -0.2) is 17.8 Å². The normalized spacial score (nSPS) is 18.6. The second kappa shape index (κ2) is 11.7. The minimum atomic E-state index is -3.89. The molecule has 2 aromatic carbocycles. The predicted octanol–water partition coefficient (Wildman–Crippen LogP) is 3.44. The SMILES string of the molecule is COc1cccc(S(=O)(=O)N(C)C[C@@H]2Oc3ncc(-c4cccc(F)c4)cc3C(=O)N([C@H](C)CO)C[C@@H]2C)c1. The van der Waals surface area contributed by atoms with Gasteiger partial charge in [-0.3, -0.25) is 4.79 Å². The Morgan fingerprint density at radius 1 is 1.21 bits per heavy atom. The van der Waals surface area contributed by atoms with E-state index in [0.29, 0.717) is 16.9 Å². The molecule has 208 valence electrons. The maximum atomic E-state index is 13.9. The van der Waals surface area contributed by atoms with Crippen LogP contribution >= 0.6 is 0 Å². The van der Waals surface area contributed by atoms with E-state index >= 15 is 0 Å². The fourth-order valence-corrected chi connectivity index (χ4v) is 5.66. The van der Waals surface area contributed by atoms with Crippen LogP contribution in [-0.4, -0.2) is 79.6 Å². The second-order valence-electron chi connectivity index (χ2n) is 9.67. The van der Waals surface area contributed by atoms with Gasteiger partial charge in [-0.2, -0.15) is 4.31 Å². The summed E-state index contributed by atoms with van der Waals surface area (Å²) in [6.07, 6.45) is 0.809. The average molecular weight is 558 g/mol. The lowest BCUT2D eigenvalue weighted by molar-refractivity contribution is 0.0373. The van der Waals surface area contributed by atoms with Gasteiger partial charge in [0.25, 0.3) is 5.91 Å². The summed E-state index contributed by atoms with van der Waals surface area (Å²) in [5, 5.41) is 9.87. The summed E-state index contributed by atoms with van der Waals surface area (Å²) in [6.45, 7) is 3.50. The molecule has 3 aromatic rings. The second-order valence-corrected chi connectivity index (χ2v) is 11.7. The molecule has 1 amide bonds. The van der Waals surface area contributed by atoms with E-state index in [2.05, 4.69) is 4.98 Å². The highest BCUT2D eigenvalue weighted by atomic mass is 32.2. The summed E-state index contributed by atoms with van der Waals surface area (Å²) in [4.78, 5) is 19.6. The Bertz CT molecular complexity index is 1450. The number of sulfonamides is 1. The Kier molecular flexibility index (Phi) is 8.53. The lowest BCUT2D eigenvalue weighted by Crippen LogP contribution is -2.50. The van der Waals surface area contributed by atoms with Crippen molar-refractivity contribution in [1.29, 1.82) is 0 Å². The zero-order valence-corrected chi connectivity index (χ0v) is 23.1. The zero-order chi connectivity index (χ0) is 28.3. The predicted molar refractivity (Wildman–Crippen MR) is 144 cm³/mol.